The van der Waals surface area contributed by atoms with Gasteiger partial charge in [-0.15, -0.1) is 0 Å². The van der Waals surface area contributed by atoms with Gasteiger partial charge >= 0.3 is 322 Å². The second-order valence-corrected chi connectivity index (χ2v) is 21.6. The van der Waals surface area contributed by atoms with Crippen LogP contribution in [0.4, 0.5) is 0 Å². The molecule has 2 aliphatic rings. The molecule has 4 atom stereocenters. The quantitative estimate of drug-likeness (QED) is 0.118. The Balaban J connectivity index is 1.59. The molecule has 0 aliphatic heterocycles. The zero-order valence-corrected chi connectivity index (χ0v) is 35.6. The van der Waals surface area contributed by atoms with E-state index in [4.69, 9.17) is 9.47 Å². The topological polar surface area (TPSA) is 18.5 Å². The molecule has 0 saturated heterocycles. The van der Waals surface area contributed by atoms with Gasteiger partial charge in [0.05, 0.1) is 0 Å². The van der Waals surface area contributed by atoms with E-state index in [9.17, 15) is 0 Å². The van der Waals surface area contributed by atoms with Crippen molar-refractivity contribution in [1.29, 1.82) is 0 Å². The number of hydrogen-bond acceptors (Lipinski definition) is 2. The van der Waals surface area contributed by atoms with Gasteiger partial charge in [0.15, 0.2) is 0 Å². The fourth-order valence-corrected chi connectivity index (χ4v) is 14.1. The molecule has 0 spiro atoms. The SMILES string of the molecule is COc1c(C(C)(C)C)cc2c(c1-c1ccccc1)CC(CC(C)C)C2[I-]C1c2cc(C(C)(C)C)c(OC)c(-c3ccccc3)c2CC1CC(C)C. The minimum atomic E-state index is -0.280. The molecule has 0 aromatic heterocycles. The van der Waals surface area contributed by atoms with E-state index in [0.717, 1.165) is 24.3 Å². The Labute approximate surface area is 320 Å². The maximum absolute atomic E-state index is 6.39. The number of halogens is 1. The van der Waals surface area contributed by atoms with E-state index in [0.29, 0.717) is 31.5 Å². The number of fused-ring (bicyclic) bond motifs is 2. The maximum atomic E-state index is 6.39. The van der Waals surface area contributed by atoms with Crippen molar-refractivity contribution in [2.24, 2.45) is 23.7 Å². The summed E-state index contributed by atoms with van der Waals surface area (Å²) in [6.07, 6.45) is 4.81. The van der Waals surface area contributed by atoms with Gasteiger partial charge in [0, 0.05) is 0 Å². The molecular weight excluding hydrogens is 735 g/mol. The third-order valence-electron chi connectivity index (χ3n) is 11.2. The van der Waals surface area contributed by atoms with Crippen LogP contribution in [-0.4, -0.2) is 14.2 Å². The second-order valence-electron chi connectivity index (χ2n) is 18.1. The van der Waals surface area contributed by atoms with Crippen molar-refractivity contribution in [1.82, 2.24) is 0 Å². The molecule has 3 heteroatoms. The van der Waals surface area contributed by atoms with Gasteiger partial charge in [-0.2, -0.15) is 0 Å². The number of benzene rings is 4. The molecule has 2 nitrogen and oxygen atoms in total. The Kier molecular flexibility index (Phi) is 11.1. The molecule has 0 bridgehead atoms. The molecule has 0 amide bonds. The fourth-order valence-electron chi connectivity index (χ4n) is 9.08. The average Bonchev–Trinajstić information content (AvgIpc) is 3.58. The summed E-state index contributed by atoms with van der Waals surface area (Å²) >= 11 is -0.280. The summed E-state index contributed by atoms with van der Waals surface area (Å²) in [5, 5.41) is 0. The van der Waals surface area contributed by atoms with E-state index in [-0.39, 0.29) is 32.0 Å². The van der Waals surface area contributed by atoms with Crippen molar-refractivity contribution in [3.05, 3.63) is 106 Å². The molecule has 4 aromatic rings. The summed E-state index contributed by atoms with van der Waals surface area (Å²) in [5.74, 6) is 4.76. The van der Waals surface area contributed by atoms with Crippen LogP contribution in [0.3, 0.4) is 0 Å². The molecule has 2 aliphatic carbocycles. The monoisotopic (exact) mass is 797 g/mol. The molecule has 0 saturated carbocycles. The normalized spacial score (nSPS) is 20.3. The molecule has 0 radical (unpaired) electrons. The Morgan fingerprint density at radius 1 is 0.588 bits per heavy atom. The van der Waals surface area contributed by atoms with Crippen molar-refractivity contribution in [2.45, 2.75) is 114 Å². The summed E-state index contributed by atoms with van der Waals surface area (Å²) in [4.78, 5) is 0. The van der Waals surface area contributed by atoms with Crippen molar-refractivity contribution >= 4 is 0 Å². The van der Waals surface area contributed by atoms with Gasteiger partial charge < -0.3 is 0 Å². The first-order valence-corrected chi connectivity index (χ1v) is 21.8. The van der Waals surface area contributed by atoms with Crippen LogP contribution >= 0.6 is 0 Å². The minimum absolute atomic E-state index is 0.0359. The molecule has 0 fully saturated rings. The van der Waals surface area contributed by atoms with Gasteiger partial charge in [-0.1, -0.05) is 0 Å². The molecule has 0 heterocycles. The summed E-state index contributed by atoms with van der Waals surface area (Å²) in [7, 11) is 3.76. The molecule has 51 heavy (non-hydrogen) atoms. The van der Waals surface area contributed by atoms with E-state index >= 15 is 0 Å². The van der Waals surface area contributed by atoms with Crippen LogP contribution in [0, 0.1) is 23.7 Å². The molecular formula is C48H62IO2-. The van der Waals surface area contributed by atoms with Crippen LogP contribution in [-0.2, 0) is 23.7 Å². The van der Waals surface area contributed by atoms with Gasteiger partial charge in [0.25, 0.3) is 0 Å². The molecule has 6 rings (SSSR count). The summed E-state index contributed by atoms with van der Waals surface area (Å²) < 4.78 is 14.0. The zero-order chi connectivity index (χ0) is 36.8. The van der Waals surface area contributed by atoms with Crippen LogP contribution < -0.4 is 30.7 Å². The van der Waals surface area contributed by atoms with Crippen LogP contribution in [0.25, 0.3) is 22.3 Å². The molecule has 4 aromatic carbocycles. The van der Waals surface area contributed by atoms with Crippen LogP contribution in [0.5, 0.6) is 11.5 Å². The number of ether oxygens (including phenoxy) is 2. The van der Waals surface area contributed by atoms with E-state index in [2.05, 4.69) is 142 Å². The summed E-state index contributed by atoms with van der Waals surface area (Å²) in [6.45, 7) is 23.9. The van der Waals surface area contributed by atoms with E-state index in [1.54, 1.807) is 22.3 Å². The number of alkyl halides is 2. The van der Waals surface area contributed by atoms with Gasteiger partial charge in [0.2, 0.25) is 0 Å². The Morgan fingerprint density at radius 3 is 1.24 bits per heavy atom. The van der Waals surface area contributed by atoms with Crippen LogP contribution in [0.1, 0.15) is 123 Å². The first-order chi connectivity index (χ1) is 24.1. The number of methoxy groups -OCH3 is 2. The van der Waals surface area contributed by atoms with Crippen molar-refractivity contribution in [3.63, 3.8) is 0 Å². The second kappa shape index (κ2) is 14.9. The van der Waals surface area contributed by atoms with Gasteiger partial charge in [0.1, 0.15) is 0 Å². The molecule has 4 unspecified atom stereocenters. The van der Waals surface area contributed by atoms with Gasteiger partial charge in [-0.05, 0) is 0 Å². The predicted molar refractivity (Wildman–Crippen MR) is 213 cm³/mol. The van der Waals surface area contributed by atoms with Crippen LogP contribution in [0.15, 0.2) is 72.8 Å². The number of hydrogen-bond donors (Lipinski definition) is 0. The Bertz CT molecular complexity index is 1690. The number of rotatable bonds is 10. The van der Waals surface area contributed by atoms with Crippen LogP contribution in [0.2, 0.25) is 0 Å². The van der Waals surface area contributed by atoms with Gasteiger partial charge in [-0.25, -0.2) is 0 Å². The van der Waals surface area contributed by atoms with Crippen molar-refractivity contribution < 1.29 is 30.7 Å². The third kappa shape index (κ3) is 7.53. The van der Waals surface area contributed by atoms with E-state index < -0.39 is 0 Å². The standard InChI is InChI=1S/C48H62IO2/c1-29(2)23-33-25-35-37(27-39(47(5,6)7)45(50-11)41(35)31-19-15-13-16-20-31)43(33)49-44-34(24-30(3)4)26-36-38(44)28-40(48(8,9)10)46(51-12)42(36)32-21-17-14-18-22-32/h13-22,27-30,33-34,43-44H,23-26H2,1-12H3/q-1. The first-order valence-electron chi connectivity index (χ1n) is 19.3. The van der Waals surface area contributed by atoms with Crippen molar-refractivity contribution in [3.8, 4) is 33.8 Å². The molecule has 274 valence electrons. The van der Waals surface area contributed by atoms with Crippen molar-refractivity contribution in [2.75, 3.05) is 14.2 Å². The zero-order valence-electron chi connectivity index (χ0n) is 33.4. The first kappa shape index (κ1) is 38.0. The molecule has 0 N–H and O–H groups in total. The predicted octanol–water partition coefficient (Wildman–Crippen LogP) is 9.94. The summed E-state index contributed by atoms with van der Waals surface area (Å²) in [5.41, 5.74) is 14.2. The Morgan fingerprint density at radius 2 is 0.941 bits per heavy atom. The average molecular weight is 798 g/mol. The van der Waals surface area contributed by atoms with E-state index in [1.165, 1.54) is 46.2 Å². The Hall–Kier alpha value is -2.79. The fraction of sp³-hybridized carbons (Fsp3) is 0.500. The summed E-state index contributed by atoms with van der Waals surface area (Å²) in [6, 6.07) is 27.4. The van der Waals surface area contributed by atoms with E-state index in [1.807, 2.05) is 14.2 Å². The third-order valence-corrected chi connectivity index (χ3v) is 16.1. The van der Waals surface area contributed by atoms with Gasteiger partial charge in [-0.3, -0.25) is 0 Å².